The van der Waals surface area contributed by atoms with Crippen LogP contribution < -0.4 is 10.6 Å². The topological polar surface area (TPSA) is 76.0 Å². The van der Waals surface area contributed by atoms with Gasteiger partial charge >= 0.3 is 12.4 Å². The minimum Gasteiger partial charge on any atom is -0.349 e. The third-order valence-corrected chi connectivity index (χ3v) is 9.14. The molecule has 4 aliphatic rings. The van der Waals surface area contributed by atoms with Gasteiger partial charge in [0.05, 0.1) is 36.7 Å². The van der Waals surface area contributed by atoms with Crippen molar-refractivity contribution in [3.63, 3.8) is 0 Å². The van der Waals surface area contributed by atoms with Crippen LogP contribution in [0.1, 0.15) is 74.6 Å². The summed E-state index contributed by atoms with van der Waals surface area (Å²) in [5, 5.41) is 9.60. The second-order valence-electron chi connectivity index (χ2n) is 12.7. The molecule has 5 rings (SSSR count). The highest BCUT2D eigenvalue weighted by molar-refractivity contribution is 5.94. The Morgan fingerprint density at radius 2 is 1.60 bits per heavy atom. The number of hydrogen-bond donors (Lipinski definition) is 2. The lowest BCUT2D eigenvalue weighted by atomic mass is 9.78. The molecule has 248 valence electrons. The van der Waals surface area contributed by atoms with Crippen molar-refractivity contribution < 1.29 is 44.7 Å². The molecule has 0 aliphatic heterocycles. The van der Waals surface area contributed by atoms with Crippen LogP contribution in [0.2, 0.25) is 0 Å². The van der Waals surface area contributed by atoms with E-state index in [1.54, 1.807) is 0 Å². The molecule has 1 aromatic rings. The van der Waals surface area contributed by atoms with Gasteiger partial charge < -0.3 is 10.6 Å². The van der Waals surface area contributed by atoms with Crippen molar-refractivity contribution in [2.45, 2.75) is 101 Å². The van der Waals surface area contributed by atoms with E-state index in [0.717, 1.165) is 28.7 Å². The van der Waals surface area contributed by atoms with Crippen LogP contribution in [0.4, 0.5) is 35.1 Å². The summed E-state index contributed by atoms with van der Waals surface area (Å²) < 4.78 is 105. The third kappa shape index (κ3) is 9.18. The quantitative estimate of drug-likeness (QED) is 0.200. The molecule has 0 radical (unpaired) electrons. The Morgan fingerprint density at radius 1 is 0.933 bits per heavy atom. The van der Waals surface area contributed by atoms with E-state index in [1.165, 1.54) is 12.4 Å². The number of hydrogen-bond acceptors (Lipinski definition) is 3. The second-order valence-corrected chi connectivity index (χ2v) is 12.7. The number of halogens is 8. The molecular formula is C31H36F8N4O2. The van der Waals surface area contributed by atoms with Crippen molar-refractivity contribution in [3.8, 4) is 0 Å². The van der Waals surface area contributed by atoms with Crippen molar-refractivity contribution in [2.75, 3.05) is 0 Å². The summed E-state index contributed by atoms with van der Waals surface area (Å²) in [6.07, 6.45) is 0.457. The van der Waals surface area contributed by atoms with Gasteiger partial charge in [-0.15, -0.1) is 0 Å². The summed E-state index contributed by atoms with van der Waals surface area (Å²) in [6.45, 7) is -0.446. The molecule has 6 nitrogen and oxygen atoms in total. The zero-order valence-corrected chi connectivity index (χ0v) is 24.4. The zero-order valence-electron chi connectivity index (χ0n) is 24.4. The molecule has 0 spiro atoms. The van der Waals surface area contributed by atoms with Crippen molar-refractivity contribution in [2.24, 2.45) is 23.7 Å². The third-order valence-electron chi connectivity index (χ3n) is 9.14. The lowest BCUT2D eigenvalue weighted by molar-refractivity contribution is -0.144. The average Bonchev–Trinajstić information content (AvgIpc) is 3.52. The maximum Gasteiger partial charge on any atom is 0.390 e. The first-order valence-corrected chi connectivity index (χ1v) is 15.3. The van der Waals surface area contributed by atoms with Gasteiger partial charge in [0.1, 0.15) is 0 Å². The fourth-order valence-corrected chi connectivity index (χ4v) is 6.55. The smallest absolute Gasteiger partial charge is 0.349 e. The highest BCUT2D eigenvalue weighted by Crippen LogP contribution is 2.45. The maximum atomic E-state index is 14.0. The number of fused-ring (bicyclic) bond motifs is 1. The van der Waals surface area contributed by atoms with Gasteiger partial charge in [0, 0.05) is 37.9 Å². The standard InChI is InChI=1S/C31H36F8N4O2/c32-29(33)8-5-19(6-9-29)27(42-28(45)24-16-40-43(17-24)12-11-31(37,38)39)23-13-20-3-4-21(14-22(20)15-23)26(18-1-2-18)41-25(44)7-10-30(34,35)36/h3-4,14-20,22,26-27H,1-2,5-13H2,(H,41,44)(H,42,45)/t20?,22?,26-,27-/m0/s1. The van der Waals surface area contributed by atoms with E-state index in [4.69, 9.17) is 0 Å². The number of nitrogens with one attached hydrogen (secondary N) is 2. The van der Waals surface area contributed by atoms with Gasteiger partial charge in [0.25, 0.3) is 5.91 Å². The van der Waals surface area contributed by atoms with Crippen LogP contribution >= 0.6 is 0 Å². The summed E-state index contributed by atoms with van der Waals surface area (Å²) in [5.41, 5.74) is 1.73. The number of nitrogens with zero attached hydrogens (tertiary/aromatic N) is 2. The Morgan fingerprint density at radius 3 is 2.24 bits per heavy atom. The maximum absolute atomic E-state index is 14.0. The van der Waals surface area contributed by atoms with E-state index in [1.807, 2.05) is 24.3 Å². The minimum absolute atomic E-state index is 0.0130. The number of rotatable bonds is 11. The monoisotopic (exact) mass is 648 g/mol. The fourth-order valence-electron chi connectivity index (χ4n) is 6.55. The molecule has 2 N–H and O–H groups in total. The Labute approximate surface area is 255 Å². The van der Waals surface area contributed by atoms with Gasteiger partial charge in [-0.3, -0.25) is 14.3 Å². The van der Waals surface area contributed by atoms with E-state index in [2.05, 4.69) is 15.7 Å². The molecule has 45 heavy (non-hydrogen) atoms. The lowest BCUT2D eigenvalue weighted by Gasteiger charge is -2.35. The van der Waals surface area contributed by atoms with E-state index < -0.39 is 68.0 Å². The number of aryl methyl sites for hydroxylation is 1. The molecule has 2 amide bonds. The van der Waals surface area contributed by atoms with E-state index >= 15 is 0 Å². The van der Waals surface area contributed by atoms with Gasteiger partial charge in [0.15, 0.2) is 0 Å². The molecule has 2 fully saturated rings. The van der Waals surface area contributed by atoms with Crippen LogP contribution in [0.15, 0.2) is 47.8 Å². The van der Waals surface area contributed by atoms with E-state index in [-0.39, 0.29) is 54.9 Å². The minimum atomic E-state index is -4.43. The fraction of sp³-hybridized carbons (Fsp3) is 0.645. The summed E-state index contributed by atoms with van der Waals surface area (Å²) in [4.78, 5) is 25.6. The molecule has 2 saturated carbocycles. The van der Waals surface area contributed by atoms with Crippen molar-refractivity contribution in [1.82, 2.24) is 20.4 Å². The molecule has 0 saturated heterocycles. The highest BCUT2D eigenvalue weighted by atomic mass is 19.4. The number of carbonyl (C=O) groups is 2. The molecule has 0 aromatic carbocycles. The first-order valence-electron chi connectivity index (χ1n) is 15.3. The van der Waals surface area contributed by atoms with Crippen LogP contribution in [-0.4, -0.2) is 52.0 Å². The second kappa shape index (κ2) is 12.9. The number of allylic oxidation sites excluding steroid dienone is 3. The Hall–Kier alpha value is -3.19. The molecule has 4 atom stereocenters. The van der Waals surface area contributed by atoms with Gasteiger partial charge in [-0.25, -0.2) is 8.78 Å². The van der Waals surface area contributed by atoms with Crippen LogP contribution in [0.25, 0.3) is 0 Å². The molecular weight excluding hydrogens is 612 g/mol. The Balaban J connectivity index is 1.31. The van der Waals surface area contributed by atoms with Crippen molar-refractivity contribution >= 4 is 11.8 Å². The predicted molar refractivity (Wildman–Crippen MR) is 148 cm³/mol. The first kappa shape index (κ1) is 33.2. The van der Waals surface area contributed by atoms with E-state index in [0.29, 0.717) is 6.42 Å². The number of alkyl halides is 8. The van der Waals surface area contributed by atoms with Crippen LogP contribution in [-0.2, 0) is 11.3 Å². The first-order chi connectivity index (χ1) is 21.1. The van der Waals surface area contributed by atoms with Gasteiger partial charge in [-0.2, -0.15) is 31.4 Å². The largest absolute Gasteiger partial charge is 0.390 e. The normalized spacial score (nSPS) is 24.8. The summed E-state index contributed by atoms with van der Waals surface area (Å²) in [5.74, 6) is -4.27. The van der Waals surface area contributed by atoms with Gasteiger partial charge in [-0.05, 0) is 55.4 Å². The summed E-state index contributed by atoms with van der Waals surface area (Å²) in [7, 11) is 0. The Bertz CT molecular complexity index is 1330. The van der Waals surface area contributed by atoms with Crippen molar-refractivity contribution in [1.29, 1.82) is 0 Å². The molecule has 4 aliphatic carbocycles. The summed E-state index contributed by atoms with van der Waals surface area (Å²) in [6, 6.07) is -0.991. The highest BCUT2D eigenvalue weighted by Gasteiger charge is 2.42. The number of aromatic nitrogens is 2. The molecule has 1 heterocycles. The number of carbonyl (C=O) groups excluding carboxylic acids is 2. The molecule has 0 bridgehead atoms. The van der Waals surface area contributed by atoms with E-state index in [9.17, 15) is 44.7 Å². The molecule has 14 heteroatoms. The Kier molecular flexibility index (Phi) is 9.51. The molecule has 1 aromatic heterocycles. The van der Waals surface area contributed by atoms with Gasteiger partial charge in [0.2, 0.25) is 11.8 Å². The van der Waals surface area contributed by atoms with Crippen LogP contribution in [0.5, 0.6) is 0 Å². The predicted octanol–water partition coefficient (Wildman–Crippen LogP) is 7.06. The van der Waals surface area contributed by atoms with Crippen LogP contribution in [0.3, 0.4) is 0 Å². The zero-order chi connectivity index (χ0) is 32.6. The molecule has 2 unspecified atom stereocenters. The van der Waals surface area contributed by atoms with Crippen LogP contribution in [0, 0.1) is 23.7 Å². The number of amides is 2. The van der Waals surface area contributed by atoms with Gasteiger partial charge in [-0.1, -0.05) is 29.9 Å². The SMILES string of the molecule is O=C(CCC(F)(F)F)N[C@H](C1=CC2C=C([C@@H](NC(=O)c3cnn(CCC(F)(F)F)c3)C3CCC(F)(F)CC3)CC2C=C1)C1CC1. The average molecular weight is 649 g/mol. The van der Waals surface area contributed by atoms with Crippen molar-refractivity contribution in [3.05, 3.63) is 53.4 Å². The summed E-state index contributed by atoms with van der Waals surface area (Å²) >= 11 is 0. The lowest BCUT2D eigenvalue weighted by Crippen LogP contribution is -2.44.